The normalized spacial score (nSPS) is 12.7. The maximum atomic E-state index is 3.88. The topological polar surface area (TPSA) is 0 Å². The van der Waals surface area contributed by atoms with Gasteiger partial charge in [0, 0.05) is 0 Å². The molecule has 54 valence electrons. The van der Waals surface area contributed by atoms with Crippen molar-refractivity contribution in [3.63, 3.8) is 0 Å². The van der Waals surface area contributed by atoms with Gasteiger partial charge in [-0.15, -0.1) is 0 Å². The highest BCUT2D eigenvalue weighted by Gasteiger charge is 2.20. The lowest BCUT2D eigenvalue weighted by Crippen LogP contribution is -2.18. The van der Waals surface area contributed by atoms with Gasteiger partial charge in [-0.1, -0.05) is 34.6 Å². The van der Waals surface area contributed by atoms with E-state index in [2.05, 4.69) is 34.6 Å². The van der Waals surface area contributed by atoms with Crippen molar-refractivity contribution in [3.05, 3.63) is 13.8 Å². The molecule has 0 rings (SSSR count). The molecule has 0 unspecified atom stereocenters. The smallest absolute Gasteiger partial charge is 0.0354 e. The van der Waals surface area contributed by atoms with E-state index in [9.17, 15) is 0 Å². The minimum atomic E-state index is 0.392. The standard InChI is InChI=1S/C9H18/c1-6-8(7-2)9(3,4)5/h8H,1-2,6-7H2,3-5H3. The zero-order valence-corrected chi connectivity index (χ0v) is 6.91. The van der Waals surface area contributed by atoms with Crippen molar-refractivity contribution >= 4 is 0 Å². The van der Waals surface area contributed by atoms with Crippen molar-refractivity contribution in [2.24, 2.45) is 11.3 Å². The van der Waals surface area contributed by atoms with E-state index in [-0.39, 0.29) is 0 Å². The van der Waals surface area contributed by atoms with Gasteiger partial charge >= 0.3 is 0 Å². The first kappa shape index (κ1) is 9.00. The summed E-state index contributed by atoms with van der Waals surface area (Å²) in [6.07, 6.45) is 2.01. The first-order valence-electron chi connectivity index (χ1n) is 3.61. The van der Waals surface area contributed by atoms with Crippen LogP contribution in [0.4, 0.5) is 0 Å². The van der Waals surface area contributed by atoms with Crippen LogP contribution in [0.15, 0.2) is 0 Å². The molecule has 0 spiro atoms. The molecule has 0 heterocycles. The maximum Gasteiger partial charge on any atom is -0.0354 e. The van der Waals surface area contributed by atoms with E-state index in [0.717, 1.165) is 12.8 Å². The summed E-state index contributed by atoms with van der Waals surface area (Å²) in [5.41, 5.74) is 0.392. The van der Waals surface area contributed by atoms with Crippen LogP contribution in [0.3, 0.4) is 0 Å². The van der Waals surface area contributed by atoms with Gasteiger partial charge in [-0.05, 0) is 24.2 Å². The molecular formula is C9H18. The monoisotopic (exact) mass is 126 g/mol. The molecule has 0 aliphatic carbocycles. The molecule has 0 heteroatoms. The fraction of sp³-hybridized carbons (Fsp3) is 0.778. The third-order valence-corrected chi connectivity index (χ3v) is 1.92. The van der Waals surface area contributed by atoms with Gasteiger partial charge in [-0.3, -0.25) is 0 Å². The summed E-state index contributed by atoms with van der Waals surface area (Å²) in [7, 11) is 0. The summed E-state index contributed by atoms with van der Waals surface area (Å²) in [6, 6.07) is 0. The van der Waals surface area contributed by atoms with Gasteiger partial charge in [0.25, 0.3) is 0 Å². The van der Waals surface area contributed by atoms with Gasteiger partial charge in [0.1, 0.15) is 0 Å². The van der Waals surface area contributed by atoms with E-state index in [1.807, 2.05) is 0 Å². The molecule has 0 aromatic rings. The summed E-state index contributed by atoms with van der Waals surface area (Å²) in [4.78, 5) is 0. The van der Waals surface area contributed by atoms with Gasteiger partial charge in [0.2, 0.25) is 0 Å². The van der Waals surface area contributed by atoms with Gasteiger partial charge in [-0.2, -0.15) is 0 Å². The average Bonchev–Trinajstić information content (AvgIpc) is 1.65. The highest BCUT2D eigenvalue weighted by molar-refractivity contribution is 4.75. The van der Waals surface area contributed by atoms with E-state index in [1.165, 1.54) is 0 Å². The lowest BCUT2D eigenvalue weighted by Gasteiger charge is -2.28. The molecule has 2 radical (unpaired) electrons. The highest BCUT2D eigenvalue weighted by atomic mass is 14.3. The van der Waals surface area contributed by atoms with Crippen LogP contribution in [-0.4, -0.2) is 0 Å². The molecule has 0 amide bonds. The Bertz CT molecular complexity index is 62.6. The van der Waals surface area contributed by atoms with Gasteiger partial charge in [0.15, 0.2) is 0 Å². The lowest BCUT2D eigenvalue weighted by molar-refractivity contribution is 0.242. The number of hydrogen-bond donors (Lipinski definition) is 0. The van der Waals surface area contributed by atoms with Crippen LogP contribution in [0.25, 0.3) is 0 Å². The Morgan fingerprint density at radius 2 is 1.44 bits per heavy atom. The summed E-state index contributed by atoms with van der Waals surface area (Å²) >= 11 is 0. The van der Waals surface area contributed by atoms with E-state index >= 15 is 0 Å². The highest BCUT2D eigenvalue weighted by Crippen LogP contribution is 2.30. The van der Waals surface area contributed by atoms with Gasteiger partial charge in [0.05, 0.1) is 0 Å². The average molecular weight is 126 g/mol. The second-order valence-electron chi connectivity index (χ2n) is 3.64. The van der Waals surface area contributed by atoms with Crippen molar-refractivity contribution in [3.8, 4) is 0 Å². The summed E-state index contributed by atoms with van der Waals surface area (Å²) in [6.45, 7) is 14.5. The summed E-state index contributed by atoms with van der Waals surface area (Å²) < 4.78 is 0. The predicted molar refractivity (Wildman–Crippen MR) is 42.9 cm³/mol. The minimum absolute atomic E-state index is 0.392. The zero-order valence-electron chi connectivity index (χ0n) is 6.91. The van der Waals surface area contributed by atoms with E-state index in [1.54, 1.807) is 0 Å². The molecule has 0 saturated heterocycles. The second-order valence-corrected chi connectivity index (χ2v) is 3.64. The quantitative estimate of drug-likeness (QED) is 0.533. The second kappa shape index (κ2) is 3.24. The fourth-order valence-corrected chi connectivity index (χ4v) is 1.01. The van der Waals surface area contributed by atoms with E-state index < -0.39 is 0 Å². The number of rotatable bonds is 2. The largest absolute Gasteiger partial charge is 0.0599 e. The molecule has 0 N–H and O–H groups in total. The molecule has 9 heavy (non-hydrogen) atoms. The molecule has 0 aliphatic rings. The molecule has 0 aromatic carbocycles. The van der Waals surface area contributed by atoms with Gasteiger partial charge < -0.3 is 0 Å². The van der Waals surface area contributed by atoms with Crippen molar-refractivity contribution < 1.29 is 0 Å². The third kappa shape index (κ3) is 2.88. The Kier molecular flexibility index (Phi) is 3.24. The van der Waals surface area contributed by atoms with Crippen LogP contribution in [0.5, 0.6) is 0 Å². The summed E-state index contributed by atoms with van der Waals surface area (Å²) in [5.74, 6) is 0.678. The van der Waals surface area contributed by atoms with E-state index in [0.29, 0.717) is 11.3 Å². The Morgan fingerprint density at radius 1 is 1.11 bits per heavy atom. The Balaban J connectivity index is 3.79. The van der Waals surface area contributed by atoms with Crippen LogP contribution in [0.1, 0.15) is 33.6 Å². The van der Waals surface area contributed by atoms with Crippen molar-refractivity contribution in [2.75, 3.05) is 0 Å². The van der Waals surface area contributed by atoms with E-state index in [4.69, 9.17) is 0 Å². The number of hydrogen-bond acceptors (Lipinski definition) is 0. The van der Waals surface area contributed by atoms with Crippen LogP contribution in [0.2, 0.25) is 0 Å². The van der Waals surface area contributed by atoms with Crippen LogP contribution in [-0.2, 0) is 0 Å². The molecule has 0 bridgehead atoms. The summed E-state index contributed by atoms with van der Waals surface area (Å²) in [5, 5.41) is 0. The van der Waals surface area contributed by atoms with Crippen molar-refractivity contribution in [2.45, 2.75) is 33.6 Å². The Hall–Kier alpha value is 0. The zero-order chi connectivity index (χ0) is 7.49. The first-order chi connectivity index (χ1) is 4.02. The van der Waals surface area contributed by atoms with Crippen LogP contribution < -0.4 is 0 Å². The Morgan fingerprint density at radius 3 is 1.44 bits per heavy atom. The minimum Gasteiger partial charge on any atom is -0.0599 e. The first-order valence-corrected chi connectivity index (χ1v) is 3.61. The third-order valence-electron chi connectivity index (χ3n) is 1.92. The molecule has 0 fully saturated rings. The van der Waals surface area contributed by atoms with Crippen molar-refractivity contribution in [1.29, 1.82) is 0 Å². The molecule has 0 aliphatic heterocycles. The Labute approximate surface area is 59.7 Å². The molecule has 0 aromatic heterocycles. The predicted octanol–water partition coefficient (Wildman–Crippen LogP) is 3.10. The van der Waals surface area contributed by atoms with Crippen LogP contribution in [0, 0.1) is 25.2 Å². The SMILES string of the molecule is [CH2]CC(C[CH2])C(C)(C)C. The maximum absolute atomic E-state index is 3.88. The van der Waals surface area contributed by atoms with Gasteiger partial charge in [-0.25, -0.2) is 0 Å². The molecule has 0 nitrogen and oxygen atoms in total. The molecular weight excluding hydrogens is 108 g/mol. The lowest BCUT2D eigenvalue weighted by atomic mass is 9.78. The van der Waals surface area contributed by atoms with Crippen LogP contribution >= 0.6 is 0 Å². The molecule has 0 atom stereocenters. The van der Waals surface area contributed by atoms with Crippen molar-refractivity contribution in [1.82, 2.24) is 0 Å². The fourth-order valence-electron chi connectivity index (χ4n) is 1.01. The molecule has 0 saturated carbocycles.